The third-order valence-corrected chi connectivity index (χ3v) is 13.2. The second kappa shape index (κ2) is 6.62. The van der Waals surface area contributed by atoms with Gasteiger partial charge < -0.3 is 10.8 Å². The molecule has 0 unspecified atom stereocenters. The predicted octanol–water partition coefficient (Wildman–Crippen LogP) is 6.00. The van der Waals surface area contributed by atoms with Crippen LogP contribution in [0, 0.1) is 51.2 Å². The summed E-state index contributed by atoms with van der Waals surface area (Å²) in [7, 11) is 0. The number of rotatable bonds is 1. The molecule has 10 atom stereocenters. The highest BCUT2D eigenvalue weighted by molar-refractivity contribution is 5.21. The summed E-state index contributed by atoms with van der Waals surface area (Å²) in [6, 6.07) is 0. The van der Waals surface area contributed by atoms with E-state index in [2.05, 4.69) is 48.1 Å². The zero-order valence-corrected chi connectivity index (χ0v) is 21.4. The molecular weight excluding hydrogens is 378 g/mol. The van der Waals surface area contributed by atoms with Gasteiger partial charge in [-0.3, -0.25) is 0 Å². The Balaban J connectivity index is 1.54. The number of quaternary nitrogens is 1. The maximum absolute atomic E-state index is 10.9. The minimum Gasteiger partial charge on any atom is -0.393 e. The molecule has 2 heteroatoms. The van der Waals surface area contributed by atoms with Crippen LogP contribution in [0.5, 0.6) is 0 Å². The number of aliphatic hydroxyl groups excluding tert-OH is 1. The molecule has 0 radical (unpaired) electrons. The summed E-state index contributed by atoms with van der Waals surface area (Å²) in [6.07, 6.45) is 12.9. The molecule has 5 saturated carbocycles. The van der Waals surface area contributed by atoms with Crippen LogP contribution in [0.15, 0.2) is 12.2 Å². The van der Waals surface area contributed by atoms with E-state index in [1.54, 1.807) is 0 Å². The first-order valence-electron chi connectivity index (χ1n) is 13.5. The van der Waals surface area contributed by atoms with Gasteiger partial charge in [-0.25, -0.2) is 0 Å². The van der Waals surface area contributed by atoms with Gasteiger partial charge in [0.15, 0.2) is 0 Å². The largest absolute Gasteiger partial charge is 0.393 e. The van der Waals surface area contributed by atoms with Crippen molar-refractivity contribution in [2.75, 3.05) is 0 Å². The molecule has 0 bridgehead atoms. The van der Waals surface area contributed by atoms with Crippen molar-refractivity contribution in [2.24, 2.45) is 51.2 Å². The highest BCUT2D eigenvalue weighted by Gasteiger charge is 2.71. The molecule has 5 rings (SSSR count). The van der Waals surface area contributed by atoms with Crippen molar-refractivity contribution in [1.29, 1.82) is 0 Å². The fourth-order valence-corrected chi connectivity index (χ4v) is 11.3. The molecule has 176 valence electrons. The van der Waals surface area contributed by atoms with E-state index in [1.165, 1.54) is 63.4 Å². The highest BCUT2D eigenvalue weighted by atomic mass is 16.3. The summed E-state index contributed by atoms with van der Waals surface area (Å²) in [4.78, 5) is 0. The quantitative estimate of drug-likeness (QED) is 0.494. The fourth-order valence-electron chi connectivity index (χ4n) is 11.3. The first-order chi connectivity index (χ1) is 14.3. The monoisotopic (exact) mass is 428 g/mol. The molecule has 5 aliphatic carbocycles. The molecule has 0 spiro atoms. The Kier molecular flexibility index (Phi) is 4.80. The van der Waals surface area contributed by atoms with Gasteiger partial charge in [-0.15, -0.1) is 0 Å². The standard InChI is InChI=1S/C29H49NO/c1-18(2)19-10-15-29(30)17-16-27(6)20(24(19)29)8-9-22-26(5)13-12-23(31)25(3,4)21(26)11-14-28(22,27)7/h19-24,31H,1,8-17,30H2,2-7H3/p+1/t19-,20+,21-,22+,23-,24+,26-,27+,28+,29-/m0/s1. The zero-order chi connectivity index (χ0) is 22.6. The predicted molar refractivity (Wildman–Crippen MR) is 128 cm³/mol. The van der Waals surface area contributed by atoms with Crippen LogP contribution in [0.1, 0.15) is 106 Å². The number of aliphatic hydroxyl groups is 1. The van der Waals surface area contributed by atoms with Crippen molar-refractivity contribution in [2.45, 2.75) is 117 Å². The lowest BCUT2D eigenvalue weighted by Gasteiger charge is -2.72. The second-order valence-electron chi connectivity index (χ2n) is 14.4. The van der Waals surface area contributed by atoms with Crippen LogP contribution in [0.3, 0.4) is 0 Å². The molecule has 0 saturated heterocycles. The number of hydrogen-bond acceptors (Lipinski definition) is 1. The average Bonchev–Trinajstić information content (AvgIpc) is 3.04. The van der Waals surface area contributed by atoms with Gasteiger partial charge in [-0.2, -0.15) is 0 Å². The molecule has 31 heavy (non-hydrogen) atoms. The van der Waals surface area contributed by atoms with Crippen LogP contribution in [0.25, 0.3) is 0 Å². The average molecular weight is 429 g/mol. The number of allylic oxidation sites excluding steroid dienone is 1. The molecule has 5 aliphatic rings. The molecule has 0 aromatic rings. The molecule has 0 amide bonds. The minimum atomic E-state index is -0.127. The van der Waals surface area contributed by atoms with E-state index < -0.39 is 0 Å². The van der Waals surface area contributed by atoms with Gasteiger partial charge in [0.05, 0.1) is 11.6 Å². The van der Waals surface area contributed by atoms with E-state index in [4.69, 9.17) is 5.73 Å². The van der Waals surface area contributed by atoms with Gasteiger partial charge in [0.2, 0.25) is 0 Å². The van der Waals surface area contributed by atoms with Gasteiger partial charge >= 0.3 is 0 Å². The van der Waals surface area contributed by atoms with Crippen molar-refractivity contribution in [3.05, 3.63) is 12.2 Å². The Labute approximate surface area is 191 Å². The minimum absolute atomic E-state index is 0.0532. The number of fused-ring (bicyclic) bond motifs is 7. The fraction of sp³-hybridized carbons (Fsp3) is 0.931. The van der Waals surface area contributed by atoms with Crippen molar-refractivity contribution < 1.29 is 10.8 Å². The Morgan fingerprint density at radius 3 is 2.19 bits per heavy atom. The van der Waals surface area contributed by atoms with Gasteiger partial charge in [-0.05, 0) is 104 Å². The van der Waals surface area contributed by atoms with E-state index in [9.17, 15) is 5.11 Å². The van der Waals surface area contributed by atoms with Gasteiger partial charge in [0.25, 0.3) is 0 Å². The van der Waals surface area contributed by atoms with Gasteiger partial charge in [0.1, 0.15) is 0 Å². The molecule has 5 fully saturated rings. The Morgan fingerprint density at radius 2 is 1.52 bits per heavy atom. The Bertz CT molecular complexity index is 773. The van der Waals surface area contributed by atoms with Crippen LogP contribution < -0.4 is 5.73 Å². The summed E-state index contributed by atoms with van der Waals surface area (Å²) < 4.78 is 0. The van der Waals surface area contributed by atoms with Crippen molar-refractivity contribution in [1.82, 2.24) is 0 Å². The second-order valence-corrected chi connectivity index (χ2v) is 14.4. The van der Waals surface area contributed by atoms with E-state index in [1.807, 2.05) is 0 Å². The third-order valence-electron chi connectivity index (χ3n) is 13.2. The highest BCUT2D eigenvalue weighted by Crippen LogP contribution is 2.76. The normalized spacial score (nSPS) is 57.9. The SMILES string of the molecule is C=C(C)[C@@H]1CC[C@]2([NH3+])CC[C@]3(C)[C@H](CC[C@@H]4[C@@]5(C)CC[C@H](O)C(C)(C)[C@@H]5CC[C@]43C)[C@@H]12. The maximum atomic E-state index is 10.9. The van der Waals surface area contributed by atoms with Gasteiger partial charge in [-0.1, -0.05) is 46.8 Å². The topological polar surface area (TPSA) is 47.9 Å². The summed E-state index contributed by atoms with van der Waals surface area (Å²) in [5.41, 5.74) is 7.91. The molecule has 2 nitrogen and oxygen atoms in total. The van der Waals surface area contributed by atoms with Crippen LogP contribution in [-0.2, 0) is 0 Å². The van der Waals surface area contributed by atoms with E-state index >= 15 is 0 Å². The molecule has 0 aromatic heterocycles. The van der Waals surface area contributed by atoms with Crippen molar-refractivity contribution in [3.8, 4) is 0 Å². The Morgan fingerprint density at radius 1 is 0.806 bits per heavy atom. The summed E-state index contributed by atoms with van der Waals surface area (Å²) in [5, 5.41) is 10.9. The third kappa shape index (κ3) is 2.64. The molecule has 0 aliphatic heterocycles. The van der Waals surface area contributed by atoms with Crippen molar-refractivity contribution >= 4 is 0 Å². The van der Waals surface area contributed by atoms with Crippen LogP contribution in [0.2, 0.25) is 0 Å². The lowest BCUT2D eigenvalue weighted by Crippen LogP contribution is -2.79. The van der Waals surface area contributed by atoms with Crippen molar-refractivity contribution in [3.63, 3.8) is 0 Å². The maximum Gasteiger partial charge on any atom is 0.0983 e. The van der Waals surface area contributed by atoms with Crippen LogP contribution >= 0.6 is 0 Å². The molecular formula is C29H50NO+. The Hall–Kier alpha value is -0.340. The smallest absolute Gasteiger partial charge is 0.0983 e. The van der Waals surface area contributed by atoms with Crippen LogP contribution in [0.4, 0.5) is 0 Å². The molecule has 4 N–H and O–H groups in total. The summed E-state index contributed by atoms with van der Waals surface area (Å²) >= 11 is 0. The molecule has 0 heterocycles. The first-order valence-corrected chi connectivity index (χ1v) is 13.5. The molecule has 0 aromatic carbocycles. The van der Waals surface area contributed by atoms with E-state index in [0.29, 0.717) is 33.6 Å². The summed E-state index contributed by atoms with van der Waals surface area (Å²) in [6.45, 7) is 19.5. The number of hydrogen-bond donors (Lipinski definition) is 2. The zero-order valence-electron chi connectivity index (χ0n) is 21.4. The van der Waals surface area contributed by atoms with E-state index in [-0.39, 0.29) is 11.5 Å². The lowest BCUT2D eigenvalue weighted by atomic mass is 9.32. The first kappa shape index (κ1) is 22.5. The van der Waals surface area contributed by atoms with Gasteiger partial charge in [0, 0.05) is 18.8 Å². The van der Waals surface area contributed by atoms with E-state index in [0.717, 1.165) is 24.2 Å². The lowest BCUT2D eigenvalue weighted by molar-refractivity contribution is -0.505. The van der Waals surface area contributed by atoms with Crippen LogP contribution in [-0.4, -0.2) is 16.7 Å². The summed E-state index contributed by atoms with van der Waals surface area (Å²) in [5.74, 6) is 3.71.